The second-order valence-corrected chi connectivity index (χ2v) is 5.39. The molecule has 0 bridgehead atoms. The van der Waals surface area contributed by atoms with E-state index in [0.717, 1.165) is 11.0 Å². The molecule has 1 amide bonds. The lowest BCUT2D eigenvalue weighted by Crippen LogP contribution is -2.31. The molecule has 0 radical (unpaired) electrons. The zero-order valence-corrected chi connectivity index (χ0v) is 10.4. The molecule has 17 heavy (non-hydrogen) atoms. The highest BCUT2D eigenvalue weighted by molar-refractivity contribution is 5.96. The fourth-order valence-electron chi connectivity index (χ4n) is 1.53. The average Bonchev–Trinajstić information content (AvgIpc) is 2.68. The number of para-hydroxylation sites is 1. The summed E-state index contributed by atoms with van der Waals surface area (Å²) in [5.74, 6) is 0.214. The summed E-state index contributed by atoms with van der Waals surface area (Å²) in [6, 6.07) is 9.37. The van der Waals surface area contributed by atoms with Crippen molar-refractivity contribution in [2.45, 2.75) is 20.8 Å². The van der Waals surface area contributed by atoms with Gasteiger partial charge in [0.25, 0.3) is 5.91 Å². The minimum atomic E-state index is -0.156. The molecule has 0 spiro atoms. The van der Waals surface area contributed by atoms with Gasteiger partial charge in [-0.15, -0.1) is 0 Å². The Hall–Kier alpha value is -1.77. The van der Waals surface area contributed by atoms with E-state index in [9.17, 15) is 4.79 Å². The summed E-state index contributed by atoms with van der Waals surface area (Å²) in [6.07, 6.45) is 0. The molecule has 1 aromatic heterocycles. The van der Waals surface area contributed by atoms with E-state index in [-0.39, 0.29) is 11.3 Å². The molecule has 1 N–H and O–H groups in total. The number of carbonyl (C=O) groups is 1. The lowest BCUT2D eigenvalue weighted by atomic mass is 9.97. The van der Waals surface area contributed by atoms with Crippen molar-refractivity contribution < 1.29 is 9.21 Å². The summed E-state index contributed by atoms with van der Waals surface area (Å²) < 4.78 is 5.48. The quantitative estimate of drug-likeness (QED) is 0.862. The minimum Gasteiger partial charge on any atom is -0.451 e. The molecule has 0 aliphatic heterocycles. The van der Waals surface area contributed by atoms with Crippen LogP contribution < -0.4 is 5.32 Å². The number of hydrogen-bond acceptors (Lipinski definition) is 2. The van der Waals surface area contributed by atoms with E-state index in [4.69, 9.17) is 4.42 Å². The number of benzene rings is 1. The van der Waals surface area contributed by atoms with Crippen LogP contribution >= 0.6 is 0 Å². The van der Waals surface area contributed by atoms with E-state index < -0.39 is 0 Å². The molecule has 2 rings (SSSR count). The van der Waals surface area contributed by atoms with Crippen LogP contribution in [0.5, 0.6) is 0 Å². The van der Waals surface area contributed by atoms with Crippen LogP contribution in [0.1, 0.15) is 31.3 Å². The third-order valence-electron chi connectivity index (χ3n) is 2.43. The van der Waals surface area contributed by atoms with Crippen LogP contribution in [0, 0.1) is 5.41 Å². The van der Waals surface area contributed by atoms with E-state index in [0.29, 0.717) is 12.3 Å². The summed E-state index contributed by atoms with van der Waals surface area (Å²) in [5.41, 5.74) is 0.815. The molecule has 0 unspecified atom stereocenters. The van der Waals surface area contributed by atoms with Gasteiger partial charge in [-0.05, 0) is 17.5 Å². The third-order valence-corrected chi connectivity index (χ3v) is 2.43. The van der Waals surface area contributed by atoms with Crippen molar-refractivity contribution in [1.82, 2.24) is 5.32 Å². The largest absolute Gasteiger partial charge is 0.451 e. The molecule has 3 heteroatoms. The Balaban J connectivity index is 2.14. The van der Waals surface area contributed by atoms with Gasteiger partial charge in [0.1, 0.15) is 5.58 Å². The summed E-state index contributed by atoms with van der Waals surface area (Å²) in [4.78, 5) is 11.9. The number of rotatable bonds is 2. The first-order valence-electron chi connectivity index (χ1n) is 5.72. The molecule has 90 valence electrons. The zero-order valence-electron chi connectivity index (χ0n) is 10.4. The van der Waals surface area contributed by atoms with Gasteiger partial charge >= 0.3 is 0 Å². The van der Waals surface area contributed by atoms with Gasteiger partial charge in [-0.3, -0.25) is 4.79 Å². The van der Waals surface area contributed by atoms with E-state index in [2.05, 4.69) is 26.1 Å². The van der Waals surface area contributed by atoms with Crippen LogP contribution in [0.15, 0.2) is 34.7 Å². The van der Waals surface area contributed by atoms with Crippen LogP contribution in [-0.4, -0.2) is 12.5 Å². The SMILES string of the molecule is CC(C)(C)CNC(=O)c1cc2ccccc2o1. The van der Waals surface area contributed by atoms with Crippen LogP contribution in [0.4, 0.5) is 0 Å². The predicted molar refractivity (Wildman–Crippen MR) is 68.0 cm³/mol. The second-order valence-electron chi connectivity index (χ2n) is 5.39. The summed E-state index contributed by atoms with van der Waals surface area (Å²) in [5, 5.41) is 3.82. The Morgan fingerprint density at radius 3 is 2.65 bits per heavy atom. The smallest absolute Gasteiger partial charge is 0.287 e. The Morgan fingerprint density at radius 2 is 2.00 bits per heavy atom. The fourth-order valence-corrected chi connectivity index (χ4v) is 1.53. The normalized spacial score (nSPS) is 11.7. The van der Waals surface area contributed by atoms with Crippen LogP contribution in [-0.2, 0) is 0 Å². The van der Waals surface area contributed by atoms with Crippen molar-refractivity contribution in [3.05, 3.63) is 36.1 Å². The van der Waals surface area contributed by atoms with Gasteiger partial charge in [0, 0.05) is 11.9 Å². The molecule has 0 aliphatic carbocycles. The second kappa shape index (κ2) is 4.24. The van der Waals surface area contributed by atoms with Gasteiger partial charge in [0.05, 0.1) is 0 Å². The first-order valence-corrected chi connectivity index (χ1v) is 5.72. The Kier molecular flexibility index (Phi) is 2.92. The van der Waals surface area contributed by atoms with Crippen molar-refractivity contribution in [3.63, 3.8) is 0 Å². The predicted octanol–water partition coefficient (Wildman–Crippen LogP) is 3.21. The monoisotopic (exact) mass is 231 g/mol. The van der Waals surface area contributed by atoms with E-state index >= 15 is 0 Å². The molecule has 2 aromatic rings. The average molecular weight is 231 g/mol. The van der Waals surface area contributed by atoms with Crippen molar-refractivity contribution >= 4 is 16.9 Å². The standard InChI is InChI=1S/C14H17NO2/c1-14(2,3)9-15-13(16)12-8-10-6-4-5-7-11(10)17-12/h4-8H,9H2,1-3H3,(H,15,16). The highest BCUT2D eigenvalue weighted by Crippen LogP contribution is 2.19. The molecule has 1 heterocycles. The molecule has 3 nitrogen and oxygen atoms in total. The third kappa shape index (κ3) is 2.87. The number of nitrogens with one attached hydrogen (secondary N) is 1. The number of furan rings is 1. The van der Waals surface area contributed by atoms with Gasteiger partial charge < -0.3 is 9.73 Å². The summed E-state index contributed by atoms with van der Waals surface area (Å²) >= 11 is 0. The molecule has 0 saturated heterocycles. The number of amides is 1. The van der Waals surface area contributed by atoms with Crippen molar-refractivity contribution in [2.24, 2.45) is 5.41 Å². The Labute approximate surface area is 101 Å². The number of hydrogen-bond donors (Lipinski definition) is 1. The zero-order chi connectivity index (χ0) is 12.5. The van der Waals surface area contributed by atoms with E-state index in [1.54, 1.807) is 6.07 Å². The topological polar surface area (TPSA) is 42.2 Å². The minimum absolute atomic E-state index is 0.0711. The molecular weight excluding hydrogens is 214 g/mol. The molecule has 1 aromatic carbocycles. The summed E-state index contributed by atoms with van der Waals surface area (Å²) in [6.45, 7) is 6.85. The van der Waals surface area contributed by atoms with E-state index in [1.807, 2.05) is 24.3 Å². The Morgan fingerprint density at radius 1 is 1.29 bits per heavy atom. The van der Waals surface area contributed by atoms with Gasteiger partial charge in [0.2, 0.25) is 0 Å². The highest BCUT2D eigenvalue weighted by Gasteiger charge is 2.15. The maximum absolute atomic E-state index is 11.9. The van der Waals surface area contributed by atoms with E-state index in [1.165, 1.54) is 0 Å². The first-order chi connectivity index (χ1) is 7.96. The van der Waals surface area contributed by atoms with Crippen LogP contribution in [0.2, 0.25) is 0 Å². The van der Waals surface area contributed by atoms with Crippen molar-refractivity contribution in [2.75, 3.05) is 6.54 Å². The van der Waals surface area contributed by atoms with Crippen molar-refractivity contribution in [3.8, 4) is 0 Å². The van der Waals surface area contributed by atoms with Gasteiger partial charge in [-0.1, -0.05) is 39.0 Å². The van der Waals surface area contributed by atoms with Gasteiger partial charge in [0.15, 0.2) is 5.76 Å². The highest BCUT2D eigenvalue weighted by atomic mass is 16.3. The molecule has 0 saturated carbocycles. The van der Waals surface area contributed by atoms with Crippen molar-refractivity contribution in [1.29, 1.82) is 0 Å². The first kappa shape index (κ1) is 11.7. The van der Waals surface area contributed by atoms with Gasteiger partial charge in [-0.25, -0.2) is 0 Å². The molecule has 0 atom stereocenters. The number of fused-ring (bicyclic) bond motifs is 1. The maximum atomic E-state index is 11.9. The summed E-state index contributed by atoms with van der Waals surface area (Å²) in [7, 11) is 0. The maximum Gasteiger partial charge on any atom is 0.287 e. The number of carbonyl (C=O) groups excluding carboxylic acids is 1. The van der Waals surface area contributed by atoms with Gasteiger partial charge in [-0.2, -0.15) is 0 Å². The Bertz CT molecular complexity index is 501. The molecular formula is C14H17NO2. The lowest BCUT2D eigenvalue weighted by Gasteiger charge is -2.17. The lowest BCUT2D eigenvalue weighted by molar-refractivity contribution is 0.0913. The van der Waals surface area contributed by atoms with Crippen LogP contribution in [0.25, 0.3) is 11.0 Å². The molecule has 0 aliphatic rings. The molecule has 0 fully saturated rings. The fraction of sp³-hybridized carbons (Fsp3) is 0.357. The van der Waals surface area contributed by atoms with Crippen LogP contribution in [0.3, 0.4) is 0 Å².